The van der Waals surface area contributed by atoms with E-state index in [2.05, 4.69) is 4.99 Å². The maximum absolute atomic E-state index is 12.3. The fraction of sp³-hybridized carbons (Fsp3) is 0. The molecule has 0 amide bonds. The number of esters is 2. The van der Waals surface area contributed by atoms with Crippen molar-refractivity contribution in [1.82, 2.24) is 0 Å². The summed E-state index contributed by atoms with van der Waals surface area (Å²) in [6, 6.07) is 26.9. The maximum atomic E-state index is 12.3. The number of cyclic esters (lactones) is 1. The highest BCUT2D eigenvalue weighted by Crippen LogP contribution is 2.23. The Labute approximate surface area is 194 Å². The van der Waals surface area contributed by atoms with Gasteiger partial charge in [0.05, 0.1) is 5.56 Å². The van der Waals surface area contributed by atoms with Gasteiger partial charge in [0, 0.05) is 10.6 Å². The summed E-state index contributed by atoms with van der Waals surface area (Å²) < 4.78 is 10.8. The van der Waals surface area contributed by atoms with E-state index in [9.17, 15) is 9.59 Å². The first-order valence-corrected chi connectivity index (χ1v) is 10.5. The number of carbonyl (C=O) groups excluding carboxylic acids is 2. The molecule has 0 unspecified atom stereocenters. The van der Waals surface area contributed by atoms with E-state index in [1.54, 1.807) is 54.6 Å². The molecule has 33 heavy (non-hydrogen) atoms. The highest BCUT2D eigenvalue weighted by molar-refractivity contribution is 6.30. The molecule has 4 aromatic carbocycles. The molecule has 4 aromatic rings. The summed E-state index contributed by atoms with van der Waals surface area (Å²) in [6.07, 6.45) is 1.63. The van der Waals surface area contributed by atoms with Crippen molar-refractivity contribution in [3.63, 3.8) is 0 Å². The predicted molar refractivity (Wildman–Crippen MR) is 127 cm³/mol. The van der Waals surface area contributed by atoms with Crippen LogP contribution in [0.3, 0.4) is 0 Å². The number of benzene rings is 4. The number of halogens is 1. The average Bonchev–Trinajstić information content (AvgIpc) is 3.20. The SMILES string of the molecule is O=C1OC(c2ccc3ccccc3c2)=N/C1=C\c1ccc(OC(=O)c2ccc(Cl)cc2)cc1. The van der Waals surface area contributed by atoms with Gasteiger partial charge in [-0.2, -0.15) is 0 Å². The fourth-order valence-corrected chi connectivity index (χ4v) is 3.52. The minimum absolute atomic E-state index is 0.198. The first-order valence-electron chi connectivity index (χ1n) is 10.1. The van der Waals surface area contributed by atoms with E-state index in [-0.39, 0.29) is 11.6 Å². The quantitative estimate of drug-likeness (QED) is 0.214. The Hall–Kier alpha value is -4.22. The predicted octanol–water partition coefficient (Wildman–Crippen LogP) is 6.06. The molecule has 1 heterocycles. The van der Waals surface area contributed by atoms with Crippen molar-refractivity contribution in [2.45, 2.75) is 0 Å². The number of hydrogen-bond acceptors (Lipinski definition) is 5. The van der Waals surface area contributed by atoms with Crippen LogP contribution in [0.2, 0.25) is 5.02 Å². The van der Waals surface area contributed by atoms with Crippen molar-refractivity contribution in [3.8, 4) is 5.75 Å². The number of aliphatic imine (C=N–C) groups is 1. The van der Waals surface area contributed by atoms with E-state index in [1.165, 1.54) is 0 Å². The molecule has 6 heteroatoms. The molecule has 0 aliphatic carbocycles. The highest BCUT2D eigenvalue weighted by atomic mass is 35.5. The van der Waals surface area contributed by atoms with E-state index < -0.39 is 11.9 Å². The van der Waals surface area contributed by atoms with Gasteiger partial charge < -0.3 is 9.47 Å². The van der Waals surface area contributed by atoms with Crippen LogP contribution in [0.5, 0.6) is 5.75 Å². The Bertz CT molecular complexity index is 1440. The van der Waals surface area contributed by atoms with E-state index in [0.29, 0.717) is 16.3 Å². The van der Waals surface area contributed by atoms with Crippen molar-refractivity contribution in [2.24, 2.45) is 4.99 Å². The van der Waals surface area contributed by atoms with E-state index >= 15 is 0 Å². The summed E-state index contributed by atoms with van der Waals surface area (Å²) in [5.74, 6) is -0.352. The van der Waals surface area contributed by atoms with Crippen LogP contribution in [-0.4, -0.2) is 17.8 Å². The first-order chi connectivity index (χ1) is 16.0. The third-order valence-electron chi connectivity index (χ3n) is 5.09. The second-order valence-corrected chi connectivity index (χ2v) is 7.80. The van der Waals surface area contributed by atoms with Crippen LogP contribution in [0.15, 0.2) is 102 Å². The molecule has 0 radical (unpaired) electrons. The third-order valence-corrected chi connectivity index (χ3v) is 5.34. The normalized spacial score (nSPS) is 14.3. The largest absolute Gasteiger partial charge is 0.423 e. The average molecular weight is 454 g/mol. The first kappa shape index (κ1) is 20.7. The number of ether oxygens (including phenoxy) is 2. The molecule has 1 aliphatic heterocycles. The molecule has 0 saturated heterocycles. The van der Waals surface area contributed by atoms with Crippen molar-refractivity contribution < 1.29 is 19.1 Å². The van der Waals surface area contributed by atoms with Crippen molar-refractivity contribution in [3.05, 3.63) is 118 Å². The van der Waals surface area contributed by atoms with Gasteiger partial charge in [-0.3, -0.25) is 0 Å². The van der Waals surface area contributed by atoms with Gasteiger partial charge in [-0.05, 0) is 70.9 Å². The molecular formula is C27H16ClNO4. The second kappa shape index (κ2) is 8.73. The zero-order valence-electron chi connectivity index (χ0n) is 17.2. The van der Waals surface area contributed by atoms with Gasteiger partial charge in [-0.1, -0.05) is 54.1 Å². The lowest BCUT2D eigenvalue weighted by Crippen LogP contribution is -2.08. The number of hydrogen-bond donors (Lipinski definition) is 0. The van der Waals surface area contributed by atoms with Gasteiger partial charge in [-0.25, -0.2) is 14.6 Å². The molecular weight excluding hydrogens is 438 g/mol. The van der Waals surface area contributed by atoms with E-state index in [4.69, 9.17) is 21.1 Å². The zero-order valence-corrected chi connectivity index (χ0v) is 18.0. The summed E-state index contributed by atoms with van der Waals surface area (Å²) in [4.78, 5) is 28.9. The Morgan fingerprint density at radius 3 is 2.36 bits per heavy atom. The Kier molecular flexibility index (Phi) is 5.47. The molecule has 0 bridgehead atoms. The number of rotatable bonds is 4. The van der Waals surface area contributed by atoms with Gasteiger partial charge >= 0.3 is 11.9 Å². The summed E-state index contributed by atoms with van der Waals surface area (Å²) in [5, 5.41) is 2.68. The van der Waals surface area contributed by atoms with Gasteiger partial charge in [0.25, 0.3) is 0 Å². The lowest BCUT2D eigenvalue weighted by Gasteiger charge is -2.05. The molecule has 1 aliphatic rings. The number of nitrogens with zero attached hydrogens (tertiary/aromatic N) is 1. The molecule has 0 saturated carbocycles. The Morgan fingerprint density at radius 1 is 0.879 bits per heavy atom. The smallest absolute Gasteiger partial charge is 0.363 e. The van der Waals surface area contributed by atoms with Gasteiger partial charge in [0.15, 0.2) is 5.70 Å². The molecule has 160 valence electrons. The molecule has 0 N–H and O–H groups in total. The van der Waals surface area contributed by atoms with Crippen LogP contribution < -0.4 is 4.74 Å². The summed E-state index contributed by atoms with van der Waals surface area (Å²) in [7, 11) is 0. The lowest BCUT2D eigenvalue weighted by molar-refractivity contribution is -0.129. The van der Waals surface area contributed by atoms with Crippen LogP contribution in [0, 0.1) is 0 Å². The molecule has 0 atom stereocenters. The van der Waals surface area contributed by atoms with Crippen LogP contribution in [-0.2, 0) is 9.53 Å². The van der Waals surface area contributed by atoms with Crippen LogP contribution >= 0.6 is 11.6 Å². The van der Waals surface area contributed by atoms with Crippen LogP contribution in [0.1, 0.15) is 21.5 Å². The summed E-state index contributed by atoms with van der Waals surface area (Å²) >= 11 is 5.84. The third kappa shape index (κ3) is 4.54. The van der Waals surface area contributed by atoms with E-state index in [0.717, 1.165) is 21.9 Å². The van der Waals surface area contributed by atoms with Crippen LogP contribution in [0.4, 0.5) is 0 Å². The molecule has 5 rings (SSSR count). The van der Waals surface area contributed by atoms with Crippen molar-refractivity contribution >= 4 is 46.3 Å². The van der Waals surface area contributed by atoms with Crippen molar-refractivity contribution in [2.75, 3.05) is 0 Å². The van der Waals surface area contributed by atoms with Crippen molar-refractivity contribution in [1.29, 1.82) is 0 Å². The monoisotopic (exact) mass is 453 g/mol. The second-order valence-electron chi connectivity index (χ2n) is 7.36. The zero-order chi connectivity index (χ0) is 22.8. The summed E-state index contributed by atoms with van der Waals surface area (Å²) in [6.45, 7) is 0. The highest BCUT2D eigenvalue weighted by Gasteiger charge is 2.24. The summed E-state index contributed by atoms with van der Waals surface area (Å²) in [5.41, 5.74) is 2.05. The van der Waals surface area contributed by atoms with E-state index in [1.807, 2.05) is 42.5 Å². The Morgan fingerprint density at radius 2 is 1.61 bits per heavy atom. The number of fused-ring (bicyclic) bond motifs is 1. The molecule has 5 nitrogen and oxygen atoms in total. The minimum atomic E-state index is -0.517. The lowest BCUT2D eigenvalue weighted by atomic mass is 10.1. The molecule has 0 fully saturated rings. The van der Waals surface area contributed by atoms with Crippen LogP contribution in [0.25, 0.3) is 16.8 Å². The molecule has 0 spiro atoms. The number of carbonyl (C=O) groups is 2. The standard InChI is InChI=1S/C27H16ClNO4/c28-22-11-9-19(10-12-22)26(30)32-23-13-5-17(6-14-23)15-24-27(31)33-25(29-24)21-8-7-18-3-1-2-4-20(18)16-21/h1-16H/b24-15-. The maximum Gasteiger partial charge on any atom is 0.363 e. The van der Waals surface area contributed by atoms with Gasteiger partial charge in [-0.15, -0.1) is 0 Å². The topological polar surface area (TPSA) is 65.0 Å². The fourth-order valence-electron chi connectivity index (χ4n) is 3.40. The molecule has 0 aromatic heterocycles. The van der Waals surface area contributed by atoms with Gasteiger partial charge in [0.2, 0.25) is 5.90 Å². The Balaban J connectivity index is 1.33. The minimum Gasteiger partial charge on any atom is -0.423 e. The van der Waals surface area contributed by atoms with Gasteiger partial charge in [0.1, 0.15) is 5.75 Å².